The summed E-state index contributed by atoms with van der Waals surface area (Å²) in [5.41, 5.74) is 3.38. The first-order chi connectivity index (χ1) is 7.59. The van der Waals surface area contributed by atoms with Crippen LogP contribution < -0.4 is 10.9 Å². The van der Waals surface area contributed by atoms with Crippen molar-refractivity contribution in [1.29, 1.82) is 0 Å². The number of carbonyl (C=O) groups excluding carboxylic acids is 2. The van der Waals surface area contributed by atoms with Crippen LogP contribution in [0.1, 0.15) is 33.6 Å². The summed E-state index contributed by atoms with van der Waals surface area (Å²) in [4.78, 5) is 22.4. The third kappa shape index (κ3) is 4.54. The van der Waals surface area contributed by atoms with Crippen LogP contribution in [0.15, 0.2) is 0 Å². The van der Waals surface area contributed by atoms with E-state index in [1.165, 1.54) is 0 Å². The topological polar surface area (TPSA) is 67.4 Å². The second-order valence-electron chi connectivity index (χ2n) is 5.08. The number of hydrogen-bond donors (Lipinski definition) is 2. The number of amides is 2. The van der Waals surface area contributed by atoms with E-state index in [2.05, 4.69) is 0 Å². The van der Waals surface area contributed by atoms with Crippen molar-refractivity contribution in [2.45, 2.75) is 45.1 Å². The first kappa shape index (κ1) is 13.7. The molecule has 1 aliphatic rings. The van der Waals surface area contributed by atoms with E-state index in [0.717, 1.165) is 0 Å². The molecule has 2 N–H and O–H groups in total. The zero-order chi connectivity index (χ0) is 13.3. The molecule has 1 rings (SSSR count). The van der Waals surface area contributed by atoms with Crippen molar-refractivity contribution >= 4 is 12.0 Å². The molecule has 0 aromatic carbocycles. The Morgan fingerprint density at radius 3 is 2.18 bits per heavy atom. The maximum Gasteiger partial charge on any atom is 0.426 e. The maximum atomic E-state index is 12.5. The largest absolute Gasteiger partial charge is 0.443 e. The zero-order valence-electron chi connectivity index (χ0n) is 9.97. The van der Waals surface area contributed by atoms with Gasteiger partial charge in [0.05, 0.1) is 5.92 Å². The quantitative estimate of drug-likeness (QED) is 0.694. The lowest BCUT2D eigenvalue weighted by Crippen LogP contribution is -2.51. The Kier molecular flexibility index (Phi) is 3.59. The first-order valence-corrected chi connectivity index (χ1v) is 5.26. The standard InChI is InChI=1S/C10H16F2N2O3/c1-9(2,3)17-8(16)14-13-7(15)6-4-10(11,12)5-6/h6H,4-5H2,1-3H3,(H,13,15)(H,14,16). The van der Waals surface area contributed by atoms with Crippen LogP contribution in [-0.2, 0) is 9.53 Å². The van der Waals surface area contributed by atoms with E-state index in [1.807, 2.05) is 10.9 Å². The van der Waals surface area contributed by atoms with Crippen molar-refractivity contribution in [2.75, 3.05) is 0 Å². The monoisotopic (exact) mass is 250 g/mol. The molecule has 0 spiro atoms. The molecule has 1 saturated carbocycles. The summed E-state index contributed by atoms with van der Waals surface area (Å²) < 4.78 is 29.8. The van der Waals surface area contributed by atoms with Gasteiger partial charge in [0.2, 0.25) is 11.8 Å². The Morgan fingerprint density at radius 2 is 1.76 bits per heavy atom. The minimum absolute atomic E-state index is 0.477. The van der Waals surface area contributed by atoms with Gasteiger partial charge < -0.3 is 4.74 Å². The van der Waals surface area contributed by atoms with Gasteiger partial charge in [-0.05, 0) is 20.8 Å². The summed E-state index contributed by atoms with van der Waals surface area (Å²) >= 11 is 0. The fourth-order valence-corrected chi connectivity index (χ4v) is 1.36. The number of carbonyl (C=O) groups is 2. The second kappa shape index (κ2) is 4.46. The number of alkyl halides is 2. The molecule has 2 amide bonds. The molecule has 0 saturated heterocycles. The van der Waals surface area contributed by atoms with Gasteiger partial charge in [-0.25, -0.2) is 19.0 Å². The molecule has 7 heteroatoms. The van der Waals surface area contributed by atoms with E-state index in [4.69, 9.17) is 4.74 Å². The van der Waals surface area contributed by atoms with Gasteiger partial charge in [-0.2, -0.15) is 0 Å². The van der Waals surface area contributed by atoms with E-state index < -0.39 is 42.3 Å². The first-order valence-electron chi connectivity index (χ1n) is 5.26. The molecule has 0 aromatic rings. The Labute approximate surface area is 97.9 Å². The van der Waals surface area contributed by atoms with Crippen LogP contribution in [0.4, 0.5) is 13.6 Å². The zero-order valence-corrected chi connectivity index (χ0v) is 9.97. The highest BCUT2D eigenvalue weighted by atomic mass is 19.3. The van der Waals surface area contributed by atoms with Crippen molar-refractivity contribution in [3.63, 3.8) is 0 Å². The van der Waals surface area contributed by atoms with Crippen LogP contribution in [0.3, 0.4) is 0 Å². The molecular weight excluding hydrogens is 234 g/mol. The van der Waals surface area contributed by atoms with E-state index in [-0.39, 0.29) is 0 Å². The molecule has 0 aliphatic heterocycles. The average molecular weight is 250 g/mol. The van der Waals surface area contributed by atoms with E-state index in [9.17, 15) is 18.4 Å². The number of rotatable bonds is 1. The molecular formula is C10H16F2N2O3. The summed E-state index contributed by atoms with van der Waals surface area (Å²) in [5.74, 6) is -4.13. The van der Waals surface area contributed by atoms with Crippen LogP contribution >= 0.6 is 0 Å². The predicted molar refractivity (Wildman–Crippen MR) is 55.2 cm³/mol. The summed E-state index contributed by atoms with van der Waals surface area (Å²) in [5, 5.41) is 0. The third-order valence-corrected chi connectivity index (χ3v) is 2.15. The lowest BCUT2D eigenvalue weighted by Gasteiger charge is -2.33. The summed E-state index contributed by atoms with van der Waals surface area (Å²) in [7, 11) is 0. The van der Waals surface area contributed by atoms with Crippen molar-refractivity contribution < 1.29 is 23.1 Å². The molecule has 0 radical (unpaired) electrons. The van der Waals surface area contributed by atoms with E-state index in [0.29, 0.717) is 0 Å². The van der Waals surface area contributed by atoms with Gasteiger partial charge in [0.15, 0.2) is 0 Å². The van der Waals surface area contributed by atoms with Crippen molar-refractivity contribution in [1.82, 2.24) is 10.9 Å². The van der Waals surface area contributed by atoms with Crippen molar-refractivity contribution in [3.8, 4) is 0 Å². The molecule has 0 aromatic heterocycles. The van der Waals surface area contributed by atoms with Gasteiger partial charge in [0, 0.05) is 12.8 Å². The van der Waals surface area contributed by atoms with E-state index in [1.54, 1.807) is 20.8 Å². The molecule has 1 fully saturated rings. The fourth-order valence-electron chi connectivity index (χ4n) is 1.36. The smallest absolute Gasteiger partial charge is 0.426 e. The molecule has 0 bridgehead atoms. The molecule has 0 unspecified atom stereocenters. The van der Waals surface area contributed by atoms with E-state index >= 15 is 0 Å². The number of hydrogen-bond acceptors (Lipinski definition) is 3. The highest BCUT2D eigenvalue weighted by molar-refractivity contribution is 5.82. The fraction of sp³-hybridized carbons (Fsp3) is 0.800. The van der Waals surface area contributed by atoms with Gasteiger partial charge >= 0.3 is 6.09 Å². The minimum atomic E-state index is -2.76. The molecule has 1 aliphatic carbocycles. The van der Waals surface area contributed by atoms with Gasteiger partial charge in [0.25, 0.3) is 0 Å². The number of halogens is 2. The van der Waals surface area contributed by atoms with Crippen LogP contribution in [0.25, 0.3) is 0 Å². The van der Waals surface area contributed by atoms with Crippen molar-refractivity contribution in [3.05, 3.63) is 0 Å². The van der Waals surface area contributed by atoms with Crippen molar-refractivity contribution in [2.24, 2.45) is 5.92 Å². The van der Waals surface area contributed by atoms with Gasteiger partial charge in [-0.3, -0.25) is 10.2 Å². The van der Waals surface area contributed by atoms with Crippen LogP contribution in [-0.4, -0.2) is 23.5 Å². The van der Waals surface area contributed by atoms with Gasteiger partial charge in [-0.1, -0.05) is 0 Å². The molecule has 0 heterocycles. The third-order valence-electron chi connectivity index (χ3n) is 2.15. The van der Waals surface area contributed by atoms with Crippen LogP contribution in [0.5, 0.6) is 0 Å². The predicted octanol–water partition coefficient (Wildman–Crippen LogP) is 1.59. The van der Waals surface area contributed by atoms with Gasteiger partial charge in [0.1, 0.15) is 5.60 Å². The maximum absolute atomic E-state index is 12.5. The van der Waals surface area contributed by atoms with Crippen LogP contribution in [0.2, 0.25) is 0 Å². The number of ether oxygens (including phenoxy) is 1. The highest BCUT2D eigenvalue weighted by Gasteiger charge is 2.48. The summed E-state index contributed by atoms with van der Waals surface area (Å²) in [6.45, 7) is 5.00. The molecule has 98 valence electrons. The Balaban J connectivity index is 2.23. The Hall–Kier alpha value is -1.40. The Morgan fingerprint density at radius 1 is 1.24 bits per heavy atom. The number of hydrazine groups is 1. The number of nitrogens with one attached hydrogen (secondary N) is 2. The molecule has 0 atom stereocenters. The SMILES string of the molecule is CC(C)(C)OC(=O)NNC(=O)C1CC(F)(F)C1. The van der Waals surface area contributed by atoms with Gasteiger partial charge in [-0.15, -0.1) is 0 Å². The second-order valence-corrected chi connectivity index (χ2v) is 5.08. The lowest BCUT2D eigenvalue weighted by molar-refractivity contribution is -0.151. The molecule has 17 heavy (non-hydrogen) atoms. The average Bonchev–Trinajstić information content (AvgIpc) is 2.07. The summed E-state index contributed by atoms with van der Waals surface area (Å²) in [6, 6.07) is 0. The van der Waals surface area contributed by atoms with Crippen LogP contribution in [0, 0.1) is 5.92 Å². The normalized spacial score (nSPS) is 19.1. The summed E-state index contributed by atoms with van der Waals surface area (Å²) in [6.07, 6.45) is -1.78. The molecule has 5 nitrogen and oxygen atoms in total. The Bertz CT molecular complexity index is 318. The highest BCUT2D eigenvalue weighted by Crippen LogP contribution is 2.42. The minimum Gasteiger partial charge on any atom is -0.443 e. The lowest BCUT2D eigenvalue weighted by atomic mass is 9.81.